The van der Waals surface area contributed by atoms with E-state index in [0.717, 1.165) is 11.1 Å². The maximum atomic E-state index is 11.9. The molecule has 0 aromatic heterocycles. The number of carbonyl (C=O) groups excluding carboxylic acids is 1. The summed E-state index contributed by atoms with van der Waals surface area (Å²) in [6, 6.07) is 14.5. The van der Waals surface area contributed by atoms with Gasteiger partial charge in [0.25, 0.3) is 0 Å². The molecule has 0 bridgehead atoms. The molecule has 17 heavy (non-hydrogen) atoms. The number of phenols is 1. The second kappa shape index (κ2) is 4.83. The normalized spacial score (nSPS) is 10.2. The first-order valence-electron chi connectivity index (χ1n) is 5.53. The minimum atomic E-state index is 0.0638. The van der Waals surface area contributed by atoms with Gasteiger partial charge in [0.1, 0.15) is 5.75 Å². The minimum Gasteiger partial charge on any atom is -0.508 e. The first-order chi connectivity index (χ1) is 8.16. The van der Waals surface area contributed by atoms with Crippen LogP contribution in [0.4, 0.5) is 0 Å². The third kappa shape index (κ3) is 2.72. The molecule has 0 aliphatic rings. The van der Waals surface area contributed by atoms with Gasteiger partial charge < -0.3 is 5.11 Å². The Morgan fingerprint density at radius 3 is 2.47 bits per heavy atom. The van der Waals surface area contributed by atoms with Crippen LogP contribution in [-0.2, 0) is 6.42 Å². The summed E-state index contributed by atoms with van der Waals surface area (Å²) in [6.07, 6.45) is 0.317. The van der Waals surface area contributed by atoms with E-state index in [-0.39, 0.29) is 11.5 Å². The van der Waals surface area contributed by atoms with Crippen molar-refractivity contribution < 1.29 is 9.90 Å². The van der Waals surface area contributed by atoms with Gasteiger partial charge in [-0.25, -0.2) is 0 Å². The lowest BCUT2D eigenvalue weighted by molar-refractivity contribution is 0.0993. The zero-order valence-corrected chi connectivity index (χ0v) is 9.68. The largest absolute Gasteiger partial charge is 0.508 e. The summed E-state index contributed by atoms with van der Waals surface area (Å²) in [5, 5.41) is 9.57. The average Bonchev–Trinajstić information content (AvgIpc) is 2.35. The molecule has 0 unspecified atom stereocenters. The monoisotopic (exact) mass is 226 g/mol. The summed E-state index contributed by atoms with van der Waals surface area (Å²) < 4.78 is 0. The van der Waals surface area contributed by atoms with Crippen LogP contribution in [0.3, 0.4) is 0 Å². The van der Waals surface area contributed by atoms with Crippen molar-refractivity contribution in [3.63, 3.8) is 0 Å². The Labute approximate surface area is 101 Å². The van der Waals surface area contributed by atoms with Gasteiger partial charge in [0.05, 0.1) is 0 Å². The fourth-order valence-corrected chi connectivity index (χ4v) is 1.68. The second-order valence-corrected chi connectivity index (χ2v) is 4.09. The van der Waals surface area contributed by atoms with Crippen LogP contribution >= 0.6 is 0 Å². The molecule has 0 radical (unpaired) electrons. The van der Waals surface area contributed by atoms with Crippen LogP contribution in [0.15, 0.2) is 48.5 Å². The lowest BCUT2D eigenvalue weighted by Crippen LogP contribution is -2.03. The zero-order chi connectivity index (χ0) is 12.3. The Kier molecular flexibility index (Phi) is 3.24. The smallest absolute Gasteiger partial charge is 0.167 e. The quantitative estimate of drug-likeness (QED) is 0.816. The first-order valence-corrected chi connectivity index (χ1v) is 5.53. The standard InChI is InChI=1S/C15H14O2/c1-11-7-8-12(9-14(11)16)10-15(17)13-5-3-2-4-6-13/h2-9,16H,10H2,1H3. The van der Waals surface area contributed by atoms with Crippen molar-refractivity contribution in [1.82, 2.24) is 0 Å². The SMILES string of the molecule is Cc1ccc(CC(=O)c2ccccc2)cc1O. The van der Waals surface area contributed by atoms with Gasteiger partial charge in [-0.05, 0) is 24.1 Å². The molecule has 2 nitrogen and oxygen atoms in total. The highest BCUT2D eigenvalue weighted by Crippen LogP contribution is 2.18. The van der Waals surface area contributed by atoms with Crippen LogP contribution in [0.1, 0.15) is 21.5 Å². The van der Waals surface area contributed by atoms with Gasteiger partial charge in [0.2, 0.25) is 0 Å². The van der Waals surface area contributed by atoms with E-state index in [2.05, 4.69) is 0 Å². The third-order valence-electron chi connectivity index (χ3n) is 2.73. The van der Waals surface area contributed by atoms with Crippen molar-refractivity contribution in [2.75, 3.05) is 0 Å². The number of phenolic OH excluding ortho intramolecular Hbond substituents is 1. The molecule has 0 spiro atoms. The molecule has 0 fully saturated rings. The molecule has 2 heteroatoms. The third-order valence-corrected chi connectivity index (χ3v) is 2.73. The van der Waals surface area contributed by atoms with Crippen LogP contribution in [0.25, 0.3) is 0 Å². The number of hydrogen-bond acceptors (Lipinski definition) is 2. The second-order valence-electron chi connectivity index (χ2n) is 4.09. The van der Waals surface area contributed by atoms with Gasteiger partial charge in [-0.2, -0.15) is 0 Å². The summed E-state index contributed by atoms with van der Waals surface area (Å²) in [5.41, 5.74) is 2.36. The highest BCUT2D eigenvalue weighted by atomic mass is 16.3. The Bertz CT molecular complexity index is 530. The van der Waals surface area contributed by atoms with Gasteiger partial charge in [-0.15, -0.1) is 0 Å². The van der Waals surface area contributed by atoms with E-state index in [9.17, 15) is 9.90 Å². The molecule has 0 atom stereocenters. The minimum absolute atomic E-state index is 0.0638. The molecule has 2 aromatic carbocycles. The van der Waals surface area contributed by atoms with Gasteiger partial charge in [0, 0.05) is 12.0 Å². The molecular weight excluding hydrogens is 212 g/mol. The number of ketones is 1. The molecule has 0 heterocycles. The number of aryl methyl sites for hydroxylation is 1. The number of benzene rings is 2. The zero-order valence-electron chi connectivity index (χ0n) is 9.68. The van der Waals surface area contributed by atoms with E-state index in [4.69, 9.17) is 0 Å². The summed E-state index contributed by atoms with van der Waals surface area (Å²) in [7, 11) is 0. The van der Waals surface area contributed by atoms with Crippen molar-refractivity contribution >= 4 is 5.78 Å². The van der Waals surface area contributed by atoms with Crippen molar-refractivity contribution in [1.29, 1.82) is 0 Å². The molecule has 0 aliphatic heterocycles. The van der Waals surface area contributed by atoms with Gasteiger partial charge in [-0.1, -0.05) is 42.5 Å². The molecule has 2 aromatic rings. The molecule has 2 rings (SSSR count). The van der Waals surface area contributed by atoms with E-state index in [1.807, 2.05) is 37.3 Å². The van der Waals surface area contributed by atoms with Crippen LogP contribution in [-0.4, -0.2) is 10.9 Å². The predicted octanol–water partition coefficient (Wildman–Crippen LogP) is 3.13. The topological polar surface area (TPSA) is 37.3 Å². The van der Waals surface area contributed by atoms with E-state index >= 15 is 0 Å². The lowest BCUT2D eigenvalue weighted by atomic mass is 10.0. The van der Waals surface area contributed by atoms with Crippen LogP contribution in [0.5, 0.6) is 5.75 Å². The molecule has 0 saturated heterocycles. The summed E-state index contributed by atoms with van der Waals surface area (Å²) in [5.74, 6) is 0.303. The van der Waals surface area contributed by atoms with Crippen molar-refractivity contribution in [3.05, 3.63) is 65.2 Å². The highest BCUT2D eigenvalue weighted by Gasteiger charge is 2.07. The number of rotatable bonds is 3. The Hall–Kier alpha value is -2.09. The maximum Gasteiger partial charge on any atom is 0.167 e. The van der Waals surface area contributed by atoms with Gasteiger partial charge >= 0.3 is 0 Å². The Morgan fingerprint density at radius 2 is 1.82 bits per heavy atom. The average molecular weight is 226 g/mol. The number of hydrogen-bond donors (Lipinski definition) is 1. The molecule has 86 valence electrons. The fraction of sp³-hybridized carbons (Fsp3) is 0.133. The Balaban J connectivity index is 2.16. The molecule has 1 N–H and O–H groups in total. The van der Waals surface area contributed by atoms with Crippen LogP contribution < -0.4 is 0 Å². The number of aromatic hydroxyl groups is 1. The van der Waals surface area contributed by atoms with E-state index in [1.165, 1.54) is 0 Å². The predicted molar refractivity (Wildman–Crippen MR) is 67.3 cm³/mol. The van der Waals surface area contributed by atoms with Gasteiger partial charge in [-0.3, -0.25) is 4.79 Å². The maximum absolute atomic E-state index is 11.9. The number of carbonyl (C=O) groups is 1. The fourth-order valence-electron chi connectivity index (χ4n) is 1.68. The van der Waals surface area contributed by atoms with E-state index in [0.29, 0.717) is 12.0 Å². The van der Waals surface area contributed by atoms with Crippen molar-refractivity contribution in [3.8, 4) is 5.75 Å². The molecule has 0 amide bonds. The van der Waals surface area contributed by atoms with Crippen LogP contribution in [0, 0.1) is 6.92 Å². The van der Waals surface area contributed by atoms with Crippen molar-refractivity contribution in [2.45, 2.75) is 13.3 Å². The lowest BCUT2D eigenvalue weighted by Gasteiger charge is -2.04. The first kappa shape index (κ1) is 11.4. The van der Waals surface area contributed by atoms with Gasteiger partial charge in [0.15, 0.2) is 5.78 Å². The summed E-state index contributed by atoms with van der Waals surface area (Å²) in [6.45, 7) is 1.83. The van der Waals surface area contributed by atoms with Crippen LogP contribution in [0.2, 0.25) is 0 Å². The Morgan fingerprint density at radius 1 is 1.12 bits per heavy atom. The van der Waals surface area contributed by atoms with E-state index in [1.54, 1.807) is 18.2 Å². The summed E-state index contributed by atoms with van der Waals surface area (Å²) >= 11 is 0. The molecule has 0 aliphatic carbocycles. The molecule has 0 saturated carbocycles. The number of Topliss-reactive ketones (excluding diaryl/α,β-unsaturated/α-hetero) is 1. The summed E-state index contributed by atoms with van der Waals surface area (Å²) in [4.78, 5) is 11.9. The molecular formula is C15H14O2. The van der Waals surface area contributed by atoms with E-state index < -0.39 is 0 Å². The highest BCUT2D eigenvalue weighted by molar-refractivity contribution is 5.97. The van der Waals surface area contributed by atoms with Crippen molar-refractivity contribution in [2.24, 2.45) is 0 Å².